The molecule has 0 aliphatic carbocycles. The molecule has 2 aromatic rings. The number of nitrogens with zero attached hydrogens (tertiary/aromatic N) is 2. The maximum atomic E-state index is 5.63. The standard InChI is InChI=1S/C13H15ClN2O2/c1-17-12(10-6-3-2-4-7-10)13-16-15-11(18-13)8-5-9-14/h2-4,6-7,12H,5,8-9H2,1H3. The van der Waals surface area contributed by atoms with Crippen molar-refractivity contribution >= 4 is 11.6 Å². The maximum absolute atomic E-state index is 5.63. The van der Waals surface area contributed by atoms with Gasteiger partial charge in [0.1, 0.15) is 0 Å². The number of alkyl halides is 1. The molecule has 2 rings (SSSR count). The van der Waals surface area contributed by atoms with Gasteiger partial charge in [-0.2, -0.15) is 0 Å². The third-order valence-corrected chi connectivity index (χ3v) is 2.84. The number of hydrogen-bond acceptors (Lipinski definition) is 4. The van der Waals surface area contributed by atoms with Crippen LogP contribution in [0.4, 0.5) is 0 Å². The van der Waals surface area contributed by atoms with Crippen LogP contribution < -0.4 is 0 Å². The highest BCUT2D eigenvalue weighted by molar-refractivity contribution is 6.17. The van der Waals surface area contributed by atoms with E-state index in [0.29, 0.717) is 24.1 Å². The number of benzene rings is 1. The van der Waals surface area contributed by atoms with Gasteiger partial charge < -0.3 is 9.15 Å². The Kier molecular flexibility index (Phi) is 4.73. The maximum Gasteiger partial charge on any atom is 0.249 e. The minimum atomic E-state index is -0.316. The number of aryl methyl sites for hydroxylation is 1. The molecule has 1 aromatic heterocycles. The summed E-state index contributed by atoms with van der Waals surface area (Å²) in [4.78, 5) is 0. The Morgan fingerprint density at radius 2 is 2.06 bits per heavy atom. The highest BCUT2D eigenvalue weighted by Gasteiger charge is 2.19. The van der Waals surface area contributed by atoms with Crippen LogP contribution in [0.15, 0.2) is 34.7 Å². The predicted molar refractivity (Wildman–Crippen MR) is 68.6 cm³/mol. The van der Waals surface area contributed by atoms with Crippen LogP contribution in [0, 0.1) is 0 Å². The number of halogens is 1. The first-order chi connectivity index (χ1) is 8.85. The van der Waals surface area contributed by atoms with Crippen molar-refractivity contribution in [2.75, 3.05) is 13.0 Å². The van der Waals surface area contributed by atoms with Gasteiger partial charge in [0, 0.05) is 19.4 Å². The van der Waals surface area contributed by atoms with Crippen LogP contribution in [0.1, 0.15) is 29.9 Å². The Bertz CT molecular complexity index is 473. The van der Waals surface area contributed by atoms with Crippen molar-refractivity contribution in [3.05, 3.63) is 47.7 Å². The molecule has 0 N–H and O–H groups in total. The molecule has 0 aliphatic rings. The topological polar surface area (TPSA) is 48.2 Å². The molecular weight excluding hydrogens is 252 g/mol. The molecule has 0 fully saturated rings. The molecule has 0 spiro atoms. The van der Waals surface area contributed by atoms with Crippen molar-refractivity contribution < 1.29 is 9.15 Å². The second kappa shape index (κ2) is 6.52. The number of aromatic nitrogens is 2. The highest BCUT2D eigenvalue weighted by atomic mass is 35.5. The van der Waals surface area contributed by atoms with Gasteiger partial charge in [-0.25, -0.2) is 0 Å². The van der Waals surface area contributed by atoms with Crippen molar-refractivity contribution in [1.82, 2.24) is 10.2 Å². The molecule has 0 amide bonds. The SMILES string of the molecule is COC(c1ccccc1)c1nnc(CCCCl)o1. The summed E-state index contributed by atoms with van der Waals surface area (Å²) in [5.41, 5.74) is 0.993. The summed E-state index contributed by atoms with van der Waals surface area (Å²) >= 11 is 5.63. The van der Waals surface area contributed by atoms with E-state index in [0.717, 1.165) is 12.0 Å². The smallest absolute Gasteiger partial charge is 0.249 e. The van der Waals surface area contributed by atoms with Gasteiger partial charge in [-0.1, -0.05) is 30.3 Å². The Labute approximate surface area is 111 Å². The normalized spacial score (nSPS) is 12.6. The number of rotatable bonds is 6. The fraction of sp³-hybridized carbons (Fsp3) is 0.385. The monoisotopic (exact) mass is 266 g/mol. The second-order valence-electron chi connectivity index (χ2n) is 3.85. The lowest BCUT2D eigenvalue weighted by Crippen LogP contribution is -2.03. The zero-order chi connectivity index (χ0) is 12.8. The Morgan fingerprint density at radius 3 is 2.72 bits per heavy atom. The molecule has 1 aromatic carbocycles. The molecule has 1 unspecified atom stereocenters. The van der Waals surface area contributed by atoms with E-state index >= 15 is 0 Å². The Hall–Kier alpha value is -1.39. The molecule has 0 saturated heterocycles. The summed E-state index contributed by atoms with van der Waals surface area (Å²) in [6.45, 7) is 0. The average Bonchev–Trinajstić information content (AvgIpc) is 2.87. The third-order valence-electron chi connectivity index (χ3n) is 2.57. The van der Waals surface area contributed by atoms with Gasteiger partial charge in [0.25, 0.3) is 0 Å². The molecule has 0 bridgehead atoms. The van der Waals surface area contributed by atoms with E-state index in [1.807, 2.05) is 30.3 Å². The average molecular weight is 267 g/mol. The van der Waals surface area contributed by atoms with Gasteiger partial charge >= 0.3 is 0 Å². The molecule has 96 valence electrons. The first-order valence-electron chi connectivity index (χ1n) is 5.81. The van der Waals surface area contributed by atoms with Crippen LogP contribution >= 0.6 is 11.6 Å². The van der Waals surface area contributed by atoms with Crippen molar-refractivity contribution in [3.63, 3.8) is 0 Å². The van der Waals surface area contributed by atoms with Gasteiger partial charge in [0.15, 0.2) is 6.10 Å². The van der Waals surface area contributed by atoms with Gasteiger partial charge in [0.05, 0.1) is 0 Å². The fourth-order valence-corrected chi connectivity index (χ4v) is 1.83. The van der Waals surface area contributed by atoms with Crippen molar-refractivity contribution in [2.24, 2.45) is 0 Å². The van der Waals surface area contributed by atoms with Crippen LogP contribution in [0.25, 0.3) is 0 Å². The zero-order valence-electron chi connectivity index (χ0n) is 10.2. The summed E-state index contributed by atoms with van der Waals surface area (Å²) in [7, 11) is 1.63. The lowest BCUT2D eigenvalue weighted by atomic mass is 10.1. The third kappa shape index (κ3) is 3.09. The largest absolute Gasteiger partial charge is 0.422 e. The van der Waals surface area contributed by atoms with E-state index in [9.17, 15) is 0 Å². The Morgan fingerprint density at radius 1 is 1.28 bits per heavy atom. The molecule has 18 heavy (non-hydrogen) atoms. The van der Waals surface area contributed by atoms with Gasteiger partial charge in [-0.15, -0.1) is 21.8 Å². The zero-order valence-corrected chi connectivity index (χ0v) is 10.9. The molecule has 0 saturated carbocycles. The van der Waals surface area contributed by atoms with Crippen LogP contribution in [0.2, 0.25) is 0 Å². The fourth-order valence-electron chi connectivity index (χ4n) is 1.70. The Balaban J connectivity index is 2.15. The lowest BCUT2D eigenvalue weighted by Gasteiger charge is -2.10. The van der Waals surface area contributed by atoms with E-state index in [1.54, 1.807) is 7.11 Å². The molecule has 5 heteroatoms. The highest BCUT2D eigenvalue weighted by Crippen LogP contribution is 2.24. The summed E-state index contributed by atoms with van der Waals surface area (Å²) in [5, 5.41) is 8.02. The molecule has 1 atom stereocenters. The van der Waals surface area contributed by atoms with Crippen molar-refractivity contribution in [3.8, 4) is 0 Å². The van der Waals surface area contributed by atoms with Gasteiger partial charge in [-0.05, 0) is 12.0 Å². The van der Waals surface area contributed by atoms with E-state index in [4.69, 9.17) is 20.8 Å². The van der Waals surface area contributed by atoms with Crippen LogP contribution in [-0.2, 0) is 11.2 Å². The summed E-state index contributed by atoms with van der Waals surface area (Å²) < 4.78 is 11.0. The van der Waals surface area contributed by atoms with E-state index in [1.165, 1.54) is 0 Å². The second-order valence-corrected chi connectivity index (χ2v) is 4.23. The van der Waals surface area contributed by atoms with Crippen molar-refractivity contribution in [2.45, 2.75) is 18.9 Å². The summed E-state index contributed by atoms with van der Waals surface area (Å²) in [5.74, 6) is 1.67. The molecule has 1 heterocycles. The quantitative estimate of drug-likeness (QED) is 0.754. The first kappa shape index (κ1) is 13.1. The predicted octanol–water partition coefficient (Wildman–Crippen LogP) is 2.98. The minimum Gasteiger partial charge on any atom is -0.422 e. The lowest BCUT2D eigenvalue weighted by molar-refractivity contribution is 0.110. The molecule has 0 aliphatic heterocycles. The number of ether oxygens (including phenoxy) is 1. The van der Waals surface area contributed by atoms with Crippen LogP contribution in [0.5, 0.6) is 0 Å². The number of methoxy groups -OCH3 is 1. The van der Waals surface area contributed by atoms with Gasteiger partial charge in [-0.3, -0.25) is 0 Å². The van der Waals surface area contributed by atoms with Gasteiger partial charge in [0.2, 0.25) is 11.8 Å². The van der Waals surface area contributed by atoms with E-state index in [-0.39, 0.29) is 6.10 Å². The van der Waals surface area contributed by atoms with E-state index < -0.39 is 0 Å². The van der Waals surface area contributed by atoms with Crippen molar-refractivity contribution in [1.29, 1.82) is 0 Å². The summed E-state index contributed by atoms with van der Waals surface area (Å²) in [6, 6.07) is 9.79. The molecule has 4 nitrogen and oxygen atoms in total. The van der Waals surface area contributed by atoms with Crippen LogP contribution in [-0.4, -0.2) is 23.2 Å². The molecular formula is C13H15ClN2O2. The van der Waals surface area contributed by atoms with E-state index in [2.05, 4.69) is 10.2 Å². The van der Waals surface area contributed by atoms with Crippen LogP contribution in [0.3, 0.4) is 0 Å². The first-order valence-corrected chi connectivity index (χ1v) is 6.34. The number of hydrogen-bond donors (Lipinski definition) is 0. The molecule has 0 radical (unpaired) electrons. The summed E-state index contributed by atoms with van der Waals surface area (Å²) in [6.07, 6.45) is 1.21. The minimum absolute atomic E-state index is 0.316.